The van der Waals surface area contributed by atoms with Crippen LogP contribution in [-0.2, 0) is 14.3 Å². The fourth-order valence-electron chi connectivity index (χ4n) is 4.98. The number of hydrogen-bond donors (Lipinski definition) is 2. The van der Waals surface area contributed by atoms with Crippen LogP contribution in [0.25, 0.3) is 5.69 Å². The molecule has 42 heavy (non-hydrogen) atoms. The van der Waals surface area contributed by atoms with Gasteiger partial charge in [-0.2, -0.15) is 0 Å². The molecule has 1 aliphatic carbocycles. The average Bonchev–Trinajstić information content (AvgIpc) is 3.62. The van der Waals surface area contributed by atoms with Gasteiger partial charge in [0.05, 0.1) is 37.2 Å². The van der Waals surface area contributed by atoms with E-state index in [1.807, 2.05) is 4.90 Å². The molecule has 4 amide bonds. The zero-order valence-corrected chi connectivity index (χ0v) is 22.9. The number of nitrogens with zero attached hydrogens (tertiary/aromatic N) is 6. The van der Waals surface area contributed by atoms with Gasteiger partial charge >= 0.3 is 6.09 Å². The first-order chi connectivity index (χ1) is 20.2. The molecule has 2 N–H and O–H groups in total. The number of halogens is 2. The molecule has 1 aromatic carbocycles. The smallest absolute Gasteiger partial charge is 0.414 e. The van der Waals surface area contributed by atoms with Gasteiger partial charge in [-0.3, -0.25) is 19.3 Å². The molecule has 2 fully saturated rings. The monoisotopic (exact) mass is 584 g/mol. The first kappa shape index (κ1) is 28.7. The maximum Gasteiger partial charge on any atom is 0.414 e. The van der Waals surface area contributed by atoms with Crippen LogP contribution < -0.4 is 10.6 Å². The number of ether oxygens (including phenoxy) is 1. The largest absolute Gasteiger partial charge is 0.442 e. The van der Waals surface area contributed by atoms with E-state index in [0.29, 0.717) is 56.1 Å². The topological polar surface area (TPSA) is 142 Å². The Morgan fingerprint density at radius 1 is 1.05 bits per heavy atom. The van der Waals surface area contributed by atoms with Crippen molar-refractivity contribution in [3.63, 3.8) is 0 Å². The van der Waals surface area contributed by atoms with Crippen molar-refractivity contribution in [3.05, 3.63) is 65.3 Å². The molecule has 3 heterocycles. The Kier molecular flexibility index (Phi) is 8.45. The lowest BCUT2D eigenvalue weighted by atomic mass is 10.0. The molecular weight excluding hydrogens is 554 g/mol. The molecule has 13 nitrogen and oxygen atoms in total. The second-order valence-electron chi connectivity index (χ2n) is 10.1. The summed E-state index contributed by atoms with van der Waals surface area (Å²) in [5.41, 5.74) is 1.58. The van der Waals surface area contributed by atoms with Crippen LogP contribution in [0.4, 0.5) is 13.6 Å². The van der Waals surface area contributed by atoms with Gasteiger partial charge in [0, 0.05) is 38.8 Å². The first-order valence-corrected chi connectivity index (χ1v) is 13.5. The SMILES string of the molecule is CC(=O)NCC1CN(C2=CC(F)=C(N3CCN(C(=O)CNC(=O)c4cn(-c5ccc(F)cc5)nn4)CC3)CC2)C(=O)O1. The fraction of sp³-hybridized carbons (Fsp3) is 0.407. The highest BCUT2D eigenvalue weighted by molar-refractivity contribution is 5.94. The number of allylic oxidation sites excluding steroid dienone is 4. The van der Waals surface area contributed by atoms with Crippen LogP contribution in [0.1, 0.15) is 30.3 Å². The van der Waals surface area contributed by atoms with Crippen molar-refractivity contribution < 1.29 is 32.7 Å². The molecule has 2 aliphatic heterocycles. The number of nitrogens with one attached hydrogen (secondary N) is 2. The molecule has 5 rings (SSSR count). The third kappa shape index (κ3) is 6.56. The maximum absolute atomic E-state index is 15.1. The van der Waals surface area contributed by atoms with Gasteiger partial charge in [0.25, 0.3) is 5.91 Å². The third-order valence-electron chi connectivity index (χ3n) is 7.22. The zero-order valence-electron chi connectivity index (χ0n) is 22.9. The number of piperazine rings is 1. The summed E-state index contributed by atoms with van der Waals surface area (Å²) in [5.74, 6) is -1.92. The Morgan fingerprint density at radius 2 is 1.79 bits per heavy atom. The molecule has 0 radical (unpaired) electrons. The summed E-state index contributed by atoms with van der Waals surface area (Å²) >= 11 is 0. The Labute approximate surface area is 239 Å². The molecule has 0 saturated carbocycles. The number of cyclic esters (lactones) is 1. The lowest BCUT2D eigenvalue weighted by molar-refractivity contribution is -0.131. The van der Waals surface area contributed by atoms with Crippen LogP contribution in [-0.4, -0.2) is 105 Å². The number of amides is 4. The van der Waals surface area contributed by atoms with E-state index in [1.54, 1.807) is 4.90 Å². The van der Waals surface area contributed by atoms with E-state index in [0.717, 1.165) is 0 Å². The van der Waals surface area contributed by atoms with Crippen LogP contribution in [0.15, 0.2) is 53.8 Å². The fourth-order valence-corrected chi connectivity index (χ4v) is 4.98. The lowest BCUT2D eigenvalue weighted by Crippen LogP contribution is -2.51. The van der Waals surface area contributed by atoms with Crippen molar-refractivity contribution in [2.45, 2.75) is 25.9 Å². The van der Waals surface area contributed by atoms with Crippen molar-refractivity contribution in [3.8, 4) is 5.69 Å². The first-order valence-electron chi connectivity index (χ1n) is 13.5. The highest BCUT2D eigenvalue weighted by Crippen LogP contribution is 2.32. The van der Waals surface area contributed by atoms with E-state index in [4.69, 9.17) is 4.74 Å². The minimum Gasteiger partial charge on any atom is -0.442 e. The van der Waals surface area contributed by atoms with Crippen LogP contribution in [0.2, 0.25) is 0 Å². The summed E-state index contributed by atoms with van der Waals surface area (Å²) in [5, 5.41) is 12.8. The Hall–Kier alpha value is -4.82. The van der Waals surface area contributed by atoms with E-state index in [1.165, 1.54) is 53.0 Å². The molecule has 15 heteroatoms. The van der Waals surface area contributed by atoms with Gasteiger partial charge in [0.2, 0.25) is 11.8 Å². The van der Waals surface area contributed by atoms with E-state index < -0.39 is 29.7 Å². The maximum atomic E-state index is 15.1. The van der Waals surface area contributed by atoms with Gasteiger partial charge in [-0.05, 0) is 43.2 Å². The van der Waals surface area contributed by atoms with Crippen molar-refractivity contribution in [2.24, 2.45) is 0 Å². The van der Waals surface area contributed by atoms with Crippen molar-refractivity contribution in [1.82, 2.24) is 40.3 Å². The van der Waals surface area contributed by atoms with Gasteiger partial charge in [-0.15, -0.1) is 5.10 Å². The second kappa shape index (κ2) is 12.4. The van der Waals surface area contributed by atoms with Crippen molar-refractivity contribution in [2.75, 3.05) is 45.8 Å². The van der Waals surface area contributed by atoms with E-state index in [2.05, 4.69) is 20.9 Å². The molecule has 2 aromatic rings. The molecule has 0 bridgehead atoms. The summed E-state index contributed by atoms with van der Waals surface area (Å²) in [6.07, 6.45) is 2.50. The van der Waals surface area contributed by atoms with Crippen molar-refractivity contribution >= 4 is 23.8 Å². The van der Waals surface area contributed by atoms with Gasteiger partial charge in [-0.1, -0.05) is 5.21 Å². The summed E-state index contributed by atoms with van der Waals surface area (Å²) < 4.78 is 34.9. The van der Waals surface area contributed by atoms with Crippen LogP contribution in [0.5, 0.6) is 0 Å². The molecule has 1 unspecified atom stereocenters. The molecule has 222 valence electrons. The number of rotatable bonds is 8. The van der Waals surface area contributed by atoms with Crippen molar-refractivity contribution in [1.29, 1.82) is 0 Å². The van der Waals surface area contributed by atoms with Gasteiger partial charge in [0.15, 0.2) is 5.69 Å². The van der Waals surface area contributed by atoms with Gasteiger partial charge < -0.3 is 25.2 Å². The summed E-state index contributed by atoms with van der Waals surface area (Å²) in [6, 6.07) is 5.52. The molecule has 0 spiro atoms. The minimum absolute atomic E-state index is 0.00882. The van der Waals surface area contributed by atoms with E-state index in [9.17, 15) is 23.6 Å². The van der Waals surface area contributed by atoms with Crippen LogP contribution in [0, 0.1) is 5.82 Å². The Balaban J connectivity index is 1.09. The summed E-state index contributed by atoms with van der Waals surface area (Å²) in [6.45, 7) is 3.11. The standard InChI is InChI=1S/C27H30F2N8O5/c1-17(38)30-13-21-15-36(27(41)42-21)20-6-7-24(22(29)12-20)34-8-10-35(11-9-34)25(39)14-31-26(40)23-16-37(33-32-23)19-4-2-18(28)3-5-19/h2-5,12,16,21H,6-11,13-15H2,1H3,(H,30,38)(H,31,40). The third-order valence-corrected chi connectivity index (χ3v) is 7.22. The van der Waals surface area contributed by atoms with E-state index >= 15 is 4.39 Å². The number of carbonyl (C=O) groups excluding carboxylic acids is 4. The average molecular weight is 585 g/mol. The predicted molar refractivity (Wildman–Crippen MR) is 143 cm³/mol. The lowest BCUT2D eigenvalue weighted by Gasteiger charge is -2.38. The van der Waals surface area contributed by atoms with Crippen LogP contribution >= 0.6 is 0 Å². The number of aromatic nitrogens is 3. The van der Waals surface area contributed by atoms with Crippen LogP contribution in [0.3, 0.4) is 0 Å². The number of hydrogen-bond acceptors (Lipinski definition) is 8. The summed E-state index contributed by atoms with van der Waals surface area (Å²) in [4.78, 5) is 53.5. The van der Waals surface area contributed by atoms with Gasteiger partial charge in [0.1, 0.15) is 17.7 Å². The molecule has 1 atom stereocenters. The zero-order chi connectivity index (χ0) is 29.8. The molecular formula is C27H30F2N8O5. The second-order valence-corrected chi connectivity index (χ2v) is 10.1. The molecule has 2 saturated heterocycles. The predicted octanol–water partition coefficient (Wildman–Crippen LogP) is 1.10. The van der Waals surface area contributed by atoms with E-state index in [-0.39, 0.29) is 37.1 Å². The minimum atomic E-state index is -0.573. The Bertz CT molecular complexity index is 1430. The highest BCUT2D eigenvalue weighted by atomic mass is 19.1. The Morgan fingerprint density at radius 3 is 2.48 bits per heavy atom. The normalized spacial score (nSPS) is 19.0. The quantitative estimate of drug-likeness (QED) is 0.470. The summed E-state index contributed by atoms with van der Waals surface area (Å²) in [7, 11) is 0. The molecule has 3 aliphatic rings. The number of carbonyl (C=O) groups is 4. The number of benzene rings is 1. The van der Waals surface area contributed by atoms with Gasteiger partial charge in [-0.25, -0.2) is 18.3 Å². The molecule has 1 aromatic heterocycles. The highest BCUT2D eigenvalue weighted by Gasteiger charge is 2.35.